The summed E-state index contributed by atoms with van der Waals surface area (Å²) in [4.78, 5) is 1.34. The second-order valence-corrected chi connectivity index (χ2v) is 5.37. The largest absolute Gasteiger partial charge is 0.299 e. The lowest BCUT2D eigenvalue weighted by Gasteiger charge is -2.24. The minimum absolute atomic E-state index is 0.0863. The number of aromatic nitrogens is 4. The molecule has 92 valence electrons. The lowest BCUT2D eigenvalue weighted by Crippen LogP contribution is -2.28. The first-order chi connectivity index (χ1) is 8.18. The van der Waals surface area contributed by atoms with Gasteiger partial charge in [0.2, 0.25) is 0 Å². The number of aromatic amines is 1. The molecule has 2 aromatic heterocycles. The second kappa shape index (κ2) is 5.37. The molecule has 0 aliphatic carbocycles. The molecular formula is C11H17N5S. The SMILES string of the molecule is CC(NC(c1cccs1)C(C)C)c1nn[nH]n1. The van der Waals surface area contributed by atoms with Crippen molar-refractivity contribution in [2.24, 2.45) is 5.92 Å². The molecular weight excluding hydrogens is 234 g/mol. The Hall–Kier alpha value is -1.27. The number of hydrogen-bond donors (Lipinski definition) is 2. The average molecular weight is 251 g/mol. The molecule has 2 N–H and O–H groups in total. The number of tetrazole rings is 1. The zero-order valence-electron chi connectivity index (χ0n) is 10.2. The highest BCUT2D eigenvalue weighted by molar-refractivity contribution is 7.10. The molecule has 0 saturated heterocycles. The molecule has 0 aromatic carbocycles. The molecule has 0 aliphatic heterocycles. The van der Waals surface area contributed by atoms with Gasteiger partial charge in [0.25, 0.3) is 0 Å². The van der Waals surface area contributed by atoms with Gasteiger partial charge in [0, 0.05) is 10.9 Å². The van der Waals surface area contributed by atoms with E-state index in [4.69, 9.17) is 0 Å². The predicted octanol–water partition coefficient (Wildman–Crippen LogP) is 2.31. The van der Waals surface area contributed by atoms with Crippen molar-refractivity contribution >= 4 is 11.3 Å². The molecule has 0 amide bonds. The van der Waals surface area contributed by atoms with E-state index in [0.29, 0.717) is 17.8 Å². The van der Waals surface area contributed by atoms with Crippen LogP contribution in [0, 0.1) is 5.92 Å². The zero-order valence-corrected chi connectivity index (χ0v) is 11.0. The highest BCUT2D eigenvalue weighted by Crippen LogP contribution is 2.27. The predicted molar refractivity (Wildman–Crippen MR) is 67.6 cm³/mol. The van der Waals surface area contributed by atoms with Crippen LogP contribution in [0.15, 0.2) is 17.5 Å². The molecule has 5 nitrogen and oxygen atoms in total. The van der Waals surface area contributed by atoms with E-state index in [2.05, 4.69) is 57.3 Å². The number of hydrogen-bond acceptors (Lipinski definition) is 5. The molecule has 2 heterocycles. The maximum Gasteiger partial charge on any atom is 0.191 e. The highest BCUT2D eigenvalue weighted by atomic mass is 32.1. The Kier molecular flexibility index (Phi) is 3.86. The van der Waals surface area contributed by atoms with Gasteiger partial charge in [0.1, 0.15) is 0 Å². The summed E-state index contributed by atoms with van der Waals surface area (Å²) >= 11 is 1.77. The molecule has 0 saturated carbocycles. The third kappa shape index (κ3) is 2.89. The summed E-state index contributed by atoms with van der Waals surface area (Å²) in [5, 5.41) is 19.7. The summed E-state index contributed by atoms with van der Waals surface area (Å²) in [5.74, 6) is 1.22. The Bertz CT molecular complexity index is 423. The molecule has 2 unspecified atom stereocenters. The minimum atomic E-state index is 0.0863. The molecule has 2 aromatic rings. The molecule has 0 spiro atoms. The molecule has 0 bridgehead atoms. The van der Waals surface area contributed by atoms with Crippen LogP contribution in [0.3, 0.4) is 0 Å². The number of thiophene rings is 1. The quantitative estimate of drug-likeness (QED) is 0.855. The topological polar surface area (TPSA) is 66.5 Å². The van der Waals surface area contributed by atoms with Gasteiger partial charge in [-0.1, -0.05) is 25.1 Å². The molecule has 0 aliphatic rings. The van der Waals surface area contributed by atoms with Crippen molar-refractivity contribution < 1.29 is 0 Å². The fraction of sp³-hybridized carbons (Fsp3) is 0.545. The van der Waals surface area contributed by atoms with Crippen LogP contribution in [0.2, 0.25) is 0 Å². The van der Waals surface area contributed by atoms with Gasteiger partial charge >= 0.3 is 0 Å². The summed E-state index contributed by atoms with van der Waals surface area (Å²) in [7, 11) is 0. The van der Waals surface area contributed by atoms with Crippen molar-refractivity contribution in [1.29, 1.82) is 0 Å². The van der Waals surface area contributed by atoms with Crippen LogP contribution in [0.4, 0.5) is 0 Å². The van der Waals surface area contributed by atoms with E-state index >= 15 is 0 Å². The van der Waals surface area contributed by atoms with Crippen LogP contribution in [-0.2, 0) is 0 Å². The van der Waals surface area contributed by atoms with E-state index in [1.165, 1.54) is 4.88 Å². The number of H-pyrrole nitrogens is 1. The number of nitrogens with one attached hydrogen (secondary N) is 2. The Morgan fingerprint density at radius 3 is 2.71 bits per heavy atom. The maximum absolute atomic E-state index is 4.00. The first-order valence-corrected chi connectivity index (χ1v) is 6.59. The Morgan fingerprint density at radius 1 is 1.35 bits per heavy atom. The van der Waals surface area contributed by atoms with Gasteiger partial charge in [-0.25, -0.2) is 0 Å². The minimum Gasteiger partial charge on any atom is -0.299 e. The van der Waals surface area contributed by atoms with Gasteiger partial charge in [-0.05, 0) is 24.3 Å². The normalized spacial score (nSPS) is 15.1. The van der Waals surface area contributed by atoms with Crippen LogP contribution in [0.5, 0.6) is 0 Å². The van der Waals surface area contributed by atoms with E-state index in [1.807, 2.05) is 6.92 Å². The lowest BCUT2D eigenvalue weighted by atomic mass is 10.0. The Morgan fingerprint density at radius 2 is 2.18 bits per heavy atom. The van der Waals surface area contributed by atoms with Gasteiger partial charge in [-0.3, -0.25) is 5.32 Å². The van der Waals surface area contributed by atoms with Crippen LogP contribution in [0.25, 0.3) is 0 Å². The Labute approximate surface area is 105 Å². The molecule has 0 fully saturated rings. The van der Waals surface area contributed by atoms with E-state index in [9.17, 15) is 0 Å². The molecule has 17 heavy (non-hydrogen) atoms. The summed E-state index contributed by atoms with van der Waals surface area (Å²) < 4.78 is 0. The number of nitrogens with zero attached hydrogens (tertiary/aromatic N) is 3. The van der Waals surface area contributed by atoms with Gasteiger partial charge in [0.05, 0.1) is 6.04 Å². The van der Waals surface area contributed by atoms with Crippen LogP contribution >= 0.6 is 11.3 Å². The molecule has 6 heteroatoms. The maximum atomic E-state index is 4.00. The van der Waals surface area contributed by atoms with Crippen molar-refractivity contribution in [3.05, 3.63) is 28.2 Å². The van der Waals surface area contributed by atoms with Crippen molar-refractivity contribution in [3.63, 3.8) is 0 Å². The third-order valence-corrected chi connectivity index (χ3v) is 3.65. The first-order valence-electron chi connectivity index (χ1n) is 5.71. The van der Waals surface area contributed by atoms with Gasteiger partial charge < -0.3 is 0 Å². The molecule has 2 rings (SSSR count). The zero-order chi connectivity index (χ0) is 12.3. The van der Waals surface area contributed by atoms with E-state index in [0.717, 1.165) is 0 Å². The summed E-state index contributed by atoms with van der Waals surface area (Å²) in [6, 6.07) is 4.65. The van der Waals surface area contributed by atoms with Gasteiger partial charge in [-0.15, -0.1) is 21.5 Å². The molecule has 2 atom stereocenters. The fourth-order valence-electron chi connectivity index (χ4n) is 1.77. The lowest BCUT2D eigenvalue weighted by molar-refractivity contribution is 0.372. The molecule has 0 radical (unpaired) electrons. The first kappa shape index (κ1) is 12.2. The van der Waals surface area contributed by atoms with Crippen LogP contribution in [-0.4, -0.2) is 20.6 Å². The monoisotopic (exact) mass is 251 g/mol. The average Bonchev–Trinajstić information content (AvgIpc) is 2.97. The second-order valence-electron chi connectivity index (χ2n) is 4.40. The van der Waals surface area contributed by atoms with Gasteiger partial charge in [-0.2, -0.15) is 5.21 Å². The fourth-order valence-corrected chi connectivity index (χ4v) is 2.73. The van der Waals surface area contributed by atoms with Crippen LogP contribution in [0.1, 0.15) is 43.6 Å². The van der Waals surface area contributed by atoms with Crippen molar-refractivity contribution in [1.82, 2.24) is 25.9 Å². The van der Waals surface area contributed by atoms with Crippen molar-refractivity contribution in [2.75, 3.05) is 0 Å². The number of rotatable bonds is 5. The third-order valence-electron chi connectivity index (χ3n) is 2.69. The smallest absolute Gasteiger partial charge is 0.191 e. The summed E-state index contributed by atoms with van der Waals surface area (Å²) in [5.41, 5.74) is 0. The van der Waals surface area contributed by atoms with Crippen LogP contribution < -0.4 is 5.32 Å². The summed E-state index contributed by atoms with van der Waals surface area (Å²) in [6.45, 7) is 6.47. The van der Waals surface area contributed by atoms with Gasteiger partial charge in [0.15, 0.2) is 5.82 Å². The van der Waals surface area contributed by atoms with Crippen molar-refractivity contribution in [2.45, 2.75) is 32.9 Å². The highest BCUT2D eigenvalue weighted by Gasteiger charge is 2.21. The van der Waals surface area contributed by atoms with E-state index in [-0.39, 0.29) is 6.04 Å². The standard InChI is InChI=1S/C11H17N5S/c1-7(2)10(9-5-4-6-17-9)12-8(3)11-13-15-16-14-11/h4-8,10,12H,1-3H3,(H,13,14,15,16). The van der Waals surface area contributed by atoms with E-state index < -0.39 is 0 Å². The van der Waals surface area contributed by atoms with E-state index in [1.54, 1.807) is 11.3 Å². The Balaban J connectivity index is 2.09. The summed E-state index contributed by atoms with van der Waals surface area (Å²) in [6.07, 6.45) is 0. The van der Waals surface area contributed by atoms with Crippen molar-refractivity contribution in [3.8, 4) is 0 Å².